The van der Waals surface area contributed by atoms with Gasteiger partial charge >= 0.3 is 0 Å². The third kappa shape index (κ3) is 5.73. The number of benzene rings is 1. The number of hydrogen-bond donors (Lipinski definition) is 3. The molecule has 1 unspecified atom stereocenters. The van der Waals surface area contributed by atoms with Gasteiger partial charge in [-0.15, -0.1) is 0 Å². The highest BCUT2D eigenvalue weighted by atomic mass is 16.5. The Bertz CT molecular complexity index is 498. The van der Waals surface area contributed by atoms with Gasteiger partial charge < -0.3 is 21.1 Å². The van der Waals surface area contributed by atoms with Gasteiger partial charge in [0.1, 0.15) is 5.75 Å². The average molecular weight is 307 g/mol. The lowest BCUT2D eigenvalue weighted by molar-refractivity contribution is -0.128. The summed E-state index contributed by atoms with van der Waals surface area (Å²) in [6.45, 7) is 6.01. The fourth-order valence-corrected chi connectivity index (χ4v) is 2.00. The van der Waals surface area contributed by atoms with Crippen LogP contribution in [0.1, 0.15) is 33.6 Å². The van der Waals surface area contributed by atoms with Crippen LogP contribution in [0.15, 0.2) is 24.3 Å². The minimum Gasteiger partial charge on any atom is -0.494 e. The van der Waals surface area contributed by atoms with E-state index < -0.39 is 5.54 Å². The molecule has 4 N–H and O–H groups in total. The summed E-state index contributed by atoms with van der Waals surface area (Å²) < 4.78 is 5.32. The topological polar surface area (TPSA) is 93.5 Å². The molecule has 0 aliphatic carbocycles. The summed E-state index contributed by atoms with van der Waals surface area (Å²) in [6, 6.07) is 7.04. The molecule has 1 atom stereocenters. The lowest BCUT2D eigenvalue weighted by Crippen LogP contribution is -2.52. The Labute approximate surface area is 131 Å². The maximum absolute atomic E-state index is 11.9. The molecule has 0 bridgehead atoms. The monoisotopic (exact) mass is 307 g/mol. The second-order valence-electron chi connectivity index (χ2n) is 5.36. The van der Waals surface area contributed by atoms with E-state index in [4.69, 9.17) is 10.5 Å². The SMILES string of the molecule is CCCC(C)(N)C(=O)NCC(=O)Nc1ccc(OCC)cc1. The van der Waals surface area contributed by atoms with E-state index in [9.17, 15) is 9.59 Å². The van der Waals surface area contributed by atoms with Crippen LogP contribution >= 0.6 is 0 Å². The van der Waals surface area contributed by atoms with Gasteiger partial charge in [0.15, 0.2) is 0 Å². The third-order valence-electron chi connectivity index (χ3n) is 3.15. The molecule has 0 saturated carbocycles. The molecule has 0 heterocycles. The molecule has 0 spiro atoms. The lowest BCUT2D eigenvalue weighted by Gasteiger charge is -2.22. The van der Waals surface area contributed by atoms with Gasteiger partial charge in [-0.2, -0.15) is 0 Å². The summed E-state index contributed by atoms with van der Waals surface area (Å²) in [6.07, 6.45) is 1.37. The normalized spacial score (nSPS) is 13.1. The molecule has 2 amide bonds. The second kappa shape index (κ2) is 8.38. The number of hydrogen-bond acceptors (Lipinski definition) is 4. The summed E-state index contributed by atoms with van der Waals surface area (Å²) in [5.74, 6) is 0.119. The maximum atomic E-state index is 11.9. The van der Waals surface area contributed by atoms with Crippen LogP contribution in [0.2, 0.25) is 0 Å². The molecular weight excluding hydrogens is 282 g/mol. The first-order chi connectivity index (χ1) is 10.4. The Morgan fingerprint density at radius 2 is 1.86 bits per heavy atom. The molecule has 0 aromatic heterocycles. The van der Waals surface area contributed by atoms with Crippen molar-refractivity contribution in [2.45, 2.75) is 39.2 Å². The molecule has 0 radical (unpaired) electrons. The maximum Gasteiger partial charge on any atom is 0.243 e. The zero-order valence-electron chi connectivity index (χ0n) is 13.4. The number of carbonyl (C=O) groups excluding carboxylic acids is 2. The number of nitrogens with two attached hydrogens (primary N) is 1. The van der Waals surface area contributed by atoms with Crippen LogP contribution < -0.4 is 21.1 Å². The van der Waals surface area contributed by atoms with Crippen molar-refractivity contribution in [1.82, 2.24) is 5.32 Å². The second-order valence-corrected chi connectivity index (χ2v) is 5.36. The highest BCUT2D eigenvalue weighted by Crippen LogP contribution is 2.15. The van der Waals surface area contributed by atoms with E-state index in [-0.39, 0.29) is 18.4 Å². The number of nitrogens with one attached hydrogen (secondary N) is 2. The zero-order chi connectivity index (χ0) is 16.6. The van der Waals surface area contributed by atoms with E-state index in [0.29, 0.717) is 18.7 Å². The van der Waals surface area contributed by atoms with Crippen molar-refractivity contribution in [2.75, 3.05) is 18.5 Å². The first-order valence-electron chi connectivity index (χ1n) is 7.49. The third-order valence-corrected chi connectivity index (χ3v) is 3.15. The Morgan fingerprint density at radius 1 is 1.23 bits per heavy atom. The van der Waals surface area contributed by atoms with Crippen molar-refractivity contribution >= 4 is 17.5 Å². The van der Waals surface area contributed by atoms with Crippen molar-refractivity contribution in [1.29, 1.82) is 0 Å². The predicted octanol–water partition coefficient (Wildman–Crippen LogP) is 1.66. The van der Waals surface area contributed by atoms with Gasteiger partial charge in [-0.05, 0) is 44.5 Å². The van der Waals surface area contributed by atoms with E-state index in [2.05, 4.69) is 10.6 Å². The summed E-state index contributed by atoms with van der Waals surface area (Å²) in [4.78, 5) is 23.7. The van der Waals surface area contributed by atoms with Crippen molar-refractivity contribution in [3.63, 3.8) is 0 Å². The number of anilines is 1. The van der Waals surface area contributed by atoms with E-state index in [0.717, 1.165) is 12.2 Å². The van der Waals surface area contributed by atoms with Gasteiger partial charge in [-0.3, -0.25) is 9.59 Å². The molecule has 0 fully saturated rings. The van der Waals surface area contributed by atoms with Crippen molar-refractivity contribution < 1.29 is 14.3 Å². The van der Waals surface area contributed by atoms with Crippen LogP contribution in [0, 0.1) is 0 Å². The van der Waals surface area contributed by atoms with Crippen LogP contribution in [0.5, 0.6) is 5.75 Å². The molecular formula is C16H25N3O3. The van der Waals surface area contributed by atoms with E-state index in [1.807, 2.05) is 13.8 Å². The minimum absolute atomic E-state index is 0.109. The Morgan fingerprint density at radius 3 is 2.41 bits per heavy atom. The highest BCUT2D eigenvalue weighted by molar-refractivity contribution is 5.96. The summed E-state index contributed by atoms with van der Waals surface area (Å²) in [5.41, 5.74) is 5.59. The van der Waals surface area contributed by atoms with Gasteiger partial charge in [0, 0.05) is 5.69 Å². The minimum atomic E-state index is -0.950. The Hall–Kier alpha value is -2.08. The van der Waals surface area contributed by atoms with Crippen LogP contribution in [-0.2, 0) is 9.59 Å². The molecule has 1 aromatic carbocycles. The van der Waals surface area contributed by atoms with Gasteiger partial charge in [0.05, 0.1) is 18.7 Å². The van der Waals surface area contributed by atoms with Crippen LogP contribution in [0.4, 0.5) is 5.69 Å². The van der Waals surface area contributed by atoms with Crippen LogP contribution in [0.3, 0.4) is 0 Å². The molecule has 1 aromatic rings. The molecule has 1 rings (SSSR count). The molecule has 22 heavy (non-hydrogen) atoms. The standard InChI is InChI=1S/C16H25N3O3/c1-4-10-16(3,17)15(21)18-11-14(20)19-12-6-8-13(9-7-12)22-5-2/h6-9H,4-5,10-11,17H2,1-3H3,(H,18,21)(H,19,20). The van der Waals surface area contributed by atoms with Crippen molar-refractivity contribution in [2.24, 2.45) is 5.73 Å². The number of carbonyl (C=O) groups is 2. The first-order valence-corrected chi connectivity index (χ1v) is 7.49. The quantitative estimate of drug-likeness (QED) is 0.681. The largest absolute Gasteiger partial charge is 0.494 e. The van der Waals surface area contributed by atoms with E-state index in [1.165, 1.54) is 0 Å². The zero-order valence-corrected chi connectivity index (χ0v) is 13.4. The van der Waals surface area contributed by atoms with Gasteiger partial charge in [0.25, 0.3) is 0 Å². The fourth-order valence-electron chi connectivity index (χ4n) is 2.00. The molecule has 122 valence electrons. The average Bonchev–Trinajstić information content (AvgIpc) is 2.47. The highest BCUT2D eigenvalue weighted by Gasteiger charge is 2.27. The summed E-state index contributed by atoms with van der Waals surface area (Å²) in [5, 5.41) is 5.26. The molecule has 0 aliphatic heterocycles. The first kappa shape index (κ1) is 18.0. The predicted molar refractivity (Wildman–Crippen MR) is 86.8 cm³/mol. The Balaban J connectivity index is 2.44. The van der Waals surface area contributed by atoms with E-state index in [1.54, 1.807) is 31.2 Å². The van der Waals surface area contributed by atoms with Gasteiger partial charge in [-0.25, -0.2) is 0 Å². The van der Waals surface area contributed by atoms with E-state index >= 15 is 0 Å². The molecule has 6 heteroatoms. The van der Waals surface area contributed by atoms with Gasteiger partial charge in [0.2, 0.25) is 11.8 Å². The van der Waals surface area contributed by atoms with Crippen molar-refractivity contribution in [3.8, 4) is 5.75 Å². The molecule has 0 saturated heterocycles. The number of ether oxygens (including phenoxy) is 1. The summed E-state index contributed by atoms with van der Waals surface area (Å²) >= 11 is 0. The lowest BCUT2D eigenvalue weighted by atomic mass is 9.96. The Kier molecular flexibility index (Phi) is 6.85. The molecule has 6 nitrogen and oxygen atoms in total. The smallest absolute Gasteiger partial charge is 0.243 e. The van der Waals surface area contributed by atoms with Gasteiger partial charge in [-0.1, -0.05) is 13.3 Å². The number of rotatable bonds is 8. The number of amides is 2. The fraction of sp³-hybridized carbons (Fsp3) is 0.500. The van der Waals surface area contributed by atoms with Crippen LogP contribution in [0.25, 0.3) is 0 Å². The van der Waals surface area contributed by atoms with Crippen LogP contribution in [-0.4, -0.2) is 30.5 Å². The molecule has 0 aliphatic rings. The summed E-state index contributed by atoms with van der Waals surface area (Å²) in [7, 11) is 0. The van der Waals surface area contributed by atoms with Crippen molar-refractivity contribution in [3.05, 3.63) is 24.3 Å².